The van der Waals surface area contributed by atoms with Crippen molar-refractivity contribution in [3.63, 3.8) is 0 Å². The lowest BCUT2D eigenvalue weighted by atomic mass is 10.1. The van der Waals surface area contributed by atoms with Crippen LogP contribution in [-0.4, -0.2) is 39.5 Å². The number of rotatable bonds is 2. The number of hydrogen-bond donors (Lipinski definition) is 2. The monoisotopic (exact) mass is 264 g/mol. The average Bonchev–Trinajstić information content (AvgIpc) is 2.64. The van der Waals surface area contributed by atoms with Gasteiger partial charge in [-0.25, -0.2) is 4.79 Å². The Balaban J connectivity index is 2.31. The van der Waals surface area contributed by atoms with Crippen molar-refractivity contribution >= 4 is 11.9 Å². The van der Waals surface area contributed by atoms with Gasteiger partial charge >= 0.3 is 5.97 Å². The van der Waals surface area contributed by atoms with Crippen molar-refractivity contribution in [2.45, 2.75) is 31.7 Å². The Morgan fingerprint density at radius 3 is 2.79 bits per heavy atom. The number of carboxylic acids is 1. The zero-order valence-electron chi connectivity index (χ0n) is 10.5. The van der Waals surface area contributed by atoms with Crippen molar-refractivity contribution in [2.75, 3.05) is 6.54 Å². The van der Waals surface area contributed by atoms with Crippen LogP contribution in [0.4, 0.5) is 0 Å². The number of aromatic nitrogens is 1. The van der Waals surface area contributed by atoms with Gasteiger partial charge in [0, 0.05) is 25.0 Å². The third kappa shape index (κ3) is 2.83. The Labute approximate surface area is 110 Å². The highest BCUT2D eigenvalue weighted by Gasteiger charge is 2.32. The maximum absolute atomic E-state index is 12.3. The smallest absolute Gasteiger partial charge is 0.326 e. The molecule has 0 aliphatic carbocycles. The molecular weight excluding hydrogens is 248 g/mol. The van der Waals surface area contributed by atoms with Gasteiger partial charge in [0.2, 0.25) is 0 Å². The maximum atomic E-state index is 12.3. The minimum absolute atomic E-state index is 0.00403. The fourth-order valence-electron chi connectivity index (χ4n) is 2.35. The molecular formula is C13H16N2O4. The number of amides is 1. The SMILES string of the molecule is O=C(O)C1CCCCCN1C(=O)c1c[nH]ccc1=O. The first-order valence-electron chi connectivity index (χ1n) is 6.32. The molecule has 1 aromatic rings. The third-order valence-corrected chi connectivity index (χ3v) is 3.35. The molecule has 0 saturated carbocycles. The van der Waals surface area contributed by atoms with Crippen molar-refractivity contribution < 1.29 is 14.7 Å². The summed E-state index contributed by atoms with van der Waals surface area (Å²) in [6, 6.07) is 0.426. The second kappa shape index (κ2) is 5.69. The lowest BCUT2D eigenvalue weighted by Crippen LogP contribution is -2.45. The van der Waals surface area contributed by atoms with E-state index in [0.717, 1.165) is 19.3 Å². The minimum Gasteiger partial charge on any atom is -0.480 e. The largest absolute Gasteiger partial charge is 0.480 e. The minimum atomic E-state index is -1.01. The number of carbonyl (C=O) groups is 2. The highest BCUT2D eigenvalue weighted by molar-refractivity contribution is 5.96. The highest BCUT2D eigenvalue weighted by atomic mass is 16.4. The van der Waals surface area contributed by atoms with E-state index in [1.165, 1.54) is 23.4 Å². The average molecular weight is 264 g/mol. The van der Waals surface area contributed by atoms with Crippen LogP contribution in [0.15, 0.2) is 23.3 Å². The van der Waals surface area contributed by atoms with Crippen LogP contribution in [0.3, 0.4) is 0 Å². The number of carbonyl (C=O) groups excluding carboxylic acids is 1. The molecule has 1 aliphatic heterocycles. The van der Waals surface area contributed by atoms with Crippen molar-refractivity contribution in [3.05, 3.63) is 34.2 Å². The maximum Gasteiger partial charge on any atom is 0.326 e. The van der Waals surface area contributed by atoms with E-state index in [-0.39, 0.29) is 5.56 Å². The highest BCUT2D eigenvalue weighted by Crippen LogP contribution is 2.18. The van der Waals surface area contributed by atoms with Gasteiger partial charge in [0.15, 0.2) is 5.43 Å². The number of aliphatic carboxylic acids is 1. The molecule has 1 fully saturated rings. The molecule has 1 amide bonds. The van der Waals surface area contributed by atoms with Gasteiger partial charge in [0.1, 0.15) is 11.6 Å². The van der Waals surface area contributed by atoms with E-state index in [1.807, 2.05) is 0 Å². The topological polar surface area (TPSA) is 90.5 Å². The fourth-order valence-corrected chi connectivity index (χ4v) is 2.35. The van der Waals surface area contributed by atoms with Gasteiger partial charge in [0.05, 0.1) is 0 Å². The van der Waals surface area contributed by atoms with Crippen LogP contribution in [0.5, 0.6) is 0 Å². The van der Waals surface area contributed by atoms with Crippen molar-refractivity contribution in [1.82, 2.24) is 9.88 Å². The van der Waals surface area contributed by atoms with E-state index in [2.05, 4.69) is 4.98 Å². The van der Waals surface area contributed by atoms with Gasteiger partial charge in [-0.05, 0) is 12.8 Å². The van der Waals surface area contributed by atoms with E-state index in [9.17, 15) is 19.5 Å². The number of aromatic amines is 1. The quantitative estimate of drug-likeness (QED) is 0.828. The van der Waals surface area contributed by atoms with Crippen LogP contribution in [0.2, 0.25) is 0 Å². The van der Waals surface area contributed by atoms with Gasteiger partial charge in [0.25, 0.3) is 5.91 Å². The molecule has 6 heteroatoms. The summed E-state index contributed by atoms with van der Waals surface area (Å²) in [6.45, 7) is 0.379. The second-order valence-electron chi connectivity index (χ2n) is 4.62. The third-order valence-electron chi connectivity index (χ3n) is 3.35. The molecule has 19 heavy (non-hydrogen) atoms. The van der Waals surface area contributed by atoms with Gasteiger partial charge in [-0.1, -0.05) is 12.8 Å². The summed E-state index contributed by atoms with van der Waals surface area (Å²) in [4.78, 5) is 39.2. The normalized spacial score (nSPS) is 19.8. The number of carboxylic acid groups (broad SMARTS) is 1. The summed E-state index contributed by atoms with van der Waals surface area (Å²) < 4.78 is 0. The number of likely N-dealkylation sites (tertiary alicyclic amines) is 1. The molecule has 2 heterocycles. The van der Waals surface area contributed by atoms with Crippen molar-refractivity contribution in [3.8, 4) is 0 Å². The lowest BCUT2D eigenvalue weighted by Gasteiger charge is -2.26. The van der Waals surface area contributed by atoms with E-state index < -0.39 is 23.3 Å². The van der Waals surface area contributed by atoms with Crippen LogP contribution in [0, 0.1) is 0 Å². The predicted molar refractivity (Wildman–Crippen MR) is 68.0 cm³/mol. The Morgan fingerprint density at radius 2 is 2.11 bits per heavy atom. The van der Waals surface area contributed by atoms with E-state index in [4.69, 9.17) is 0 Å². The zero-order chi connectivity index (χ0) is 13.8. The van der Waals surface area contributed by atoms with E-state index in [0.29, 0.717) is 13.0 Å². The van der Waals surface area contributed by atoms with Gasteiger partial charge in [-0.2, -0.15) is 0 Å². The van der Waals surface area contributed by atoms with Crippen LogP contribution in [0.1, 0.15) is 36.0 Å². The number of hydrogen-bond acceptors (Lipinski definition) is 3. The van der Waals surface area contributed by atoms with Gasteiger partial charge < -0.3 is 15.0 Å². The summed E-state index contributed by atoms with van der Waals surface area (Å²) >= 11 is 0. The molecule has 6 nitrogen and oxygen atoms in total. The van der Waals surface area contributed by atoms with Crippen LogP contribution < -0.4 is 5.43 Å². The first-order chi connectivity index (χ1) is 9.11. The molecule has 0 spiro atoms. The van der Waals surface area contributed by atoms with Crippen LogP contribution in [0.25, 0.3) is 0 Å². The molecule has 102 valence electrons. The molecule has 2 N–H and O–H groups in total. The summed E-state index contributed by atoms with van der Waals surface area (Å²) in [5, 5.41) is 9.22. The Hall–Kier alpha value is -2.11. The molecule has 2 rings (SSSR count). The van der Waals surface area contributed by atoms with Gasteiger partial charge in [-0.15, -0.1) is 0 Å². The number of pyridine rings is 1. The van der Waals surface area contributed by atoms with Gasteiger partial charge in [-0.3, -0.25) is 9.59 Å². The lowest BCUT2D eigenvalue weighted by molar-refractivity contribution is -0.142. The predicted octanol–water partition coefficient (Wildman–Crippen LogP) is 0.844. The Bertz CT molecular complexity index is 537. The summed E-state index contributed by atoms with van der Waals surface area (Å²) in [5.74, 6) is -1.52. The summed E-state index contributed by atoms with van der Waals surface area (Å²) in [6.07, 6.45) is 5.65. The van der Waals surface area contributed by atoms with E-state index >= 15 is 0 Å². The van der Waals surface area contributed by atoms with E-state index in [1.54, 1.807) is 0 Å². The zero-order valence-corrected chi connectivity index (χ0v) is 10.5. The standard InChI is InChI=1S/C13H16N2O4/c16-11-5-6-14-8-9(11)12(17)15-7-3-1-2-4-10(15)13(18)19/h5-6,8,10H,1-4,7H2,(H,14,16)(H,18,19). The fraction of sp³-hybridized carbons (Fsp3) is 0.462. The Morgan fingerprint density at radius 1 is 1.32 bits per heavy atom. The van der Waals surface area contributed by atoms with Crippen LogP contribution in [-0.2, 0) is 4.79 Å². The molecule has 1 aliphatic rings. The van der Waals surface area contributed by atoms with Crippen molar-refractivity contribution in [2.24, 2.45) is 0 Å². The number of H-pyrrole nitrogens is 1. The second-order valence-corrected chi connectivity index (χ2v) is 4.62. The molecule has 1 unspecified atom stereocenters. The van der Waals surface area contributed by atoms with Crippen molar-refractivity contribution in [1.29, 1.82) is 0 Å². The number of nitrogens with zero attached hydrogens (tertiary/aromatic N) is 1. The first kappa shape index (κ1) is 13.3. The molecule has 1 saturated heterocycles. The molecule has 1 atom stereocenters. The Kier molecular flexibility index (Phi) is 3.99. The first-order valence-corrected chi connectivity index (χ1v) is 6.32. The number of nitrogens with one attached hydrogen (secondary N) is 1. The molecule has 0 aromatic carbocycles. The summed E-state index contributed by atoms with van der Waals surface area (Å²) in [5.41, 5.74) is -0.396. The summed E-state index contributed by atoms with van der Waals surface area (Å²) in [7, 11) is 0. The van der Waals surface area contributed by atoms with Crippen LogP contribution >= 0.6 is 0 Å². The molecule has 0 bridgehead atoms. The molecule has 0 radical (unpaired) electrons. The molecule has 1 aromatic heterocycles.